The summed E-state index contributed by atoms with van der Waals surface area (Å²) in [5.74, 6) is -1.51. The summed E-state index contributed by atoms with van der Waals surface area (Å²) < 4.78 is 2.29. The van der Waals surface area contributed by atoms with E-state index in [0.717, 1.165) is 38.7 Å². The molecule has 1 aliphatic heterocycles. The average Bonchev–Trinajstić information content (AvgIpc) is 3.16. The Kier molecular flexibility index (Phi) is 5.88. The fraction of sp³-hybridized carbons (Fsp3) is 0.0952. The van der Waals surface area contributed by atoms with Crippen molar-refractivity contribution in [2.45, 2.75) is 6.54 Å². The molecule has 1 N–H and O–H groups in total. The number of thioether (sulfide) groups is 1. The first kappa shape index (κ1) is 20.9. The zero-order valence-electron chi connectivity index (χ0n) is 15.3. The van der Waals surface area contributed by atoms with Gasteiger partial charge in [-0.25, -0.2) is 0 Å². The molecule has 5 nitrogen and oxygen atoms in total. The quantitative estimate of drug-likeness (QED) is 0.400. The number of hydrogen-bond donors (Lipinski definition) is 1. The Morgan fingerprint density at radius 1 is 1.20 bits per heavy atom. The van der Waals surface area contributed by atoms with Gasteiger partial charge in [0.2, 0.25) is 0 Å². The van der Waals surface area contributed by atoms with Crippen molar-refractivity contribution >= 4 is 80.4 Å². The third-order valence-electron chi connectivity index (χ3n) is 4.63. The summed E-state index contributed by atoms with van der Waals surface area (Å²) in [5.41, 5.74) is 2.74. The van der Waals surface area contributed by atoms with Gasteiger partial charge in [-0.15, -0.1) is 0 Å². The van der Waals surface area contributed by atoms with E-state index in [4.69, 9.17) is 40.5 Å². The van der Waals surface area contributed by atoms with Gasteiger partial charge in [0, 0.05) is 39.3 Å². The molecule has 9 heteroatoms. The van der Waals surface area contributed by atoms with Crippen LogP contribution in [0.3, 0.4) is 0 Å². The molecule has 0 unspecified atom stereocenters. The van der Waals surface area contributed by atoms with Gasteiger partial charge in [0.15, 0.2) is 0 Å². The first-order valence-corrected chi connectivity index (χ1v) is 10.8. The molecule has 0 radical (unpaired) electrons. The lowest BCUT2D eigenvalue weighted by Crippen LogP contribution is -2.33. The standard InChI is InChI=1S/C21H14Cl2N2O3S2/c22-14-6-5-12(16(23)8-14)9-24-10-13(15-3-1-2-4-17(15)24)7-18-20(28)25(11-19(26)27)21(29)30-18/h1-8,10H,9,11H2,(H,26,27)/b18-7-. The number of aromatic nitrogens is 1. The maximum Gasteiger partial charge on any atom is 0.323 e. The molecular weight excluding hydrogens is 463 g/mol. The topological polar surface area (TPSA) is 62.5 Å². The van der Waals surface area contributed by atoms with Crippen LogP contribution in [0.4, 0.5) is 0 Å². The molecular formula is C21H14Cl2N2O3S2. The van der Waals surface area contributed by atoms with Crippen molar-refractivity contribution in [3.8, 4) is 0 Å². The van der Waals surface area contributed by atoms with E-state index < -0.39 is 18.4 Å². The SMILES string of the molecule is O=C(O)CN1C(=O)/C(=C/c2cn(Cc3ccc(Cl)cc3Cl)c3ccccc23)SC1=S. The van der Waals surface area contributed by atoms with Crippen LogP contribution in [0.1, 0.15) is 11.1 Å². The zero-order valence-corrected chi connectivity index (χ0v) is 18.5. The van der Waals surface area contributed by atoms with E-state index in [9.17, 15) is 9.59 Å². The van der Waals surface area contributed by atoms with Gasteiger partial charge < -0.3 is 9.67 Å². The molecule has 0 saturated carbocycles. The van der Waals surface area contributed by atoms with Gasteiger partial charge in [-0.05, 0) is 29.8 Å². The fourth-order valence-electron chi connectivity index (χ4n) is 3.27. The number of carboxylic acid groups (broad SMARTS) is 1. The van der Waals surface area contributed by atoms with Crippen LogP contribution in [-0.4, -0.2) is 37.3 Å². The number of carbonyl (C=O) groups is 2. The number of para-hydroxylation sites is 1. The molecule has 0 atom stereocenters. The number of halogens is 2. The van der Waals surface area contributed by atoms with E-state index in [2.05, 4.69) is 0 Å². The number of carbonyl (C=O) groups excluding carboxylic acids is 1. The number of benzene rings is 2. The van der Waals surface area contributed by atoms with E-state index in [1.54, 1.807) is 18.2 Å². The van der Waals surface area contributed by atoms with Crippen LogP contribution in [0.2, 0.25) is 10.0 Å². The monoisotopic (exact) mass is 476 g/mol. The second kappa shape index (κ2) is 8.43. The van der Waals surface area contributed by atoms with Crippen molar-refractivity contribution in [2.24, 2.45) is 0 Å². The predicted octanol–water partition coefficient (Wildman–Crippen LogP) is 5.28. The van der Waals surface area contributed by atoms with Crippen LogP contribution in [0, 0.1) is 0 Å². The van der Waals surface area contributed by atoms with Gasteiger partial charge in [0.05, 0.1) is 4.91 Å². The molecule has 3 aromatic rings. The summed E-state index contributed by atoms with van der Waals surface area (Å²) in [4.78, 5) is 25.1. The van der Waals surface area contributed by atoms with E-state index in [1.165, 1.54) is 0 Å². The summed E-state index contributed by atoms with van der Waals surface area (Å²) in [6, 6.07) is 13.2. The Hall–Kier alpha value is -2.32. The summed E-state index contributed by atoms with van der Waals surface area (Å²) in [6.07, 6.45) is 3.70. The number of hydrogen-bond acceptors (Lipinski definition) is 4. The Bertz CT molecular complexity index is 1240. The maximum atomic E-state index is 12.6. The number of rotatable bonds is 5. The minimum atomic E-state index is -1.11. The van der Waals surface area contributed by atoms with E-state index >= 15 is 0 Å². The van der Waals surface area contributed by atoms with Gasteiger partial charge in [0.25, 0.3) is 5.91 Å². The van der Waals surface area contributed by atoms with E-state index in [0.29, 0.717) is 21.5 Å². The first-order chi connectivity index (χ1) is 14.3. The fourth-order valence-corrected chi connectivity index (χ4v) is 4.98. The molecule has 152 valence electrons. The molecule has 0 spiro atoms. The highest BCUT2D eigenvalue weighted by molar-refractivity contribution is 8.26. The number of carboxylic acids is 1. The van der Waals surface area contributed by atoms with Crippen LogP contribution in [0.25, 0.3) is 17.0 Å². The highest BCUT2D eigenvalue weighted by Crippen LogP contribution is 2.34. The van der Waals surface area contributed by atoms with Gasteiger partial charge in [-0.1, -0.05) is 71.4 Å². The smallest absolute Gasteiger partial charge is 0.323 e. The van der Waals surface area contributed by atoms with Crippen LogP contribution in [-0.2, 0) is 16.1 Å². The highest BCUT2D eigenvalue weighted by Gasteiger charge is 2.33. The second-order valence-electron chi connectivity index (χ2n) is 6.63. The van der Waals surface area contributed by atoms with Crippen LogP contribution >= 0.6 is 47.2 Å². The van der Waals surface area contributed by atoms with Crippen LogP contribution in [0.15, 0.2) is 53.6 Å². The number of nitrogens with zero attached hydrogens (tertiary/aromatic N) is 2. The maximum absolute atomic E-state index is 12.6. The van der Waals surface area contributed by atoms with Gasteiger partial charge in [-0.3, -0.25) is 14.5 Å². The molecule has 4 rings (SSSR count). The minimum absolute atomic E-state index is 0.241. The van der Waals surface area contributed by atoms with Crippen molar-refractivity contribution in [1.29, 1.82) is 0 Å². The molecule has 2 heterocycles. The van der Waals surface area contributed by atoms with E-state index in [1.807, 2.05) is 41.1 Å². The third kappa shape index (κ3) is 4.11. The highest BCUT2D eigenvalue weighted by atomic mass is 35.5. The lowest BCUT2D eigenvalue weighted by Gasteiger charge is -2.10. The molecule has 2 aromatic carbocycles. The number of amides is 1. The zero-order chi connectivity index (χ0) is 21.4. The first-order valence-electron chi connectivity index (χ1n) is 8.82. The molecule has 30 heavy (non-hydrogen) atoms. The van der Waals surface area contributed by atoms with Crippen molar-refractivity contribution in [1.82, 2.24) is 9.47 Å². The molecule has 0 aliphatic carbocycles. The largest absolute Gasteiger partial charge is 0.480 e. The normalized spacial score (nSPS) is 15.5. The average molecular weight is 477 g/mol. The Balaban J connectivity index is 1.72. The number of thiocarbonyl (C=S) groups is 1. The number of aliphatic carboxylic acids is 1. The van der Waals surface area contributed by atoms with Gasteiger partial charge in [0.1, 0.15) is 10.9 Å². The van der Waals surface area contributed by atoms with Gasteiger partial charge >= 0.3 is 5.97 Å². The lowest BCUT2D eigenvalue weighted by atomic mass is 10.1. The molecule has 1 aromatic heterocycles. The molecule has 0 bridgehead atoms. The van der Waals surface area contributed by atoms with Gasteiger partial charge in [-0.2, -0.15) is 0 Å². The van der Waals surface area contributed by atoms with Crippen molar-refractivity contribution < 1.29 is 14.7 Å². The predicted molar refractivity (Wildman–Crippen MR) is 125 cm³/mol. The van der Waals surface area contributed by atoms with Crippen molar-refractivity contribution in [3.63, 3.8) is 0 Å². The molecule has 1 amide bonds. The molecule has 1 aliphatic rings. The summed E-state index contributed by atoms with van der Waals surface area (Å²) in [5, 5.41) is 11.1. The third-order valence-corrected chi connectivity index (χ3v) is 6.59. The summed E-state index contributed by atoms with van der Waals surface area (Å²) in [6.45, 7) is 0.0865. The Labute approximate surface area is 191 Å². The van der Waals surface area contributed by atoms with Crippen LogP contribution < -0.4 is 0 Å². The number of fused-ring (bicyclic) bond motifs is 1. The Morgan fingerprint density at radius 2 is 1.97 bits per heavy atom. The van der Waals surface area contributed by atoms with Crippen molar-refractivity contribution in [3.05, 3.63) is 74.7 Å². The van der Waals surface area contributed by atoms with Crippen molar-refractivity contribution in [2.75, 3.05) is 6.54 Å². The molecule has 1 saturated heterocycles. The van der Waals surface area contributed by atoms with Crippen LogP contribution in [0.5, 0.6) is 0 Å². The Morgan fingerprint density at radius 3 is 2.70 bits per heavy atom. The lowest BCUT2D eigenvalue weighted by molar-refractivity contribution is -0.140. The molecule has 1 fully saturated rings. The second-order valence-corrected chi connectivity index (χ2v) is 9.15. The minimum Gasteiger partial charge on any atom is -0.480 e. The summed E-state index contributed by atoms with van der Waals surface area (Å²) >= 11 is 18.6. The summed E-state index contributed by atoms with van der Waals surface area (Å²) in [7, 11) is 0. The van der Waals surface area contributed by atoms with E-state index in [-0.39, 0.29) is 4.32 Å².